The maximum absolute atomic E-state index is 14.9. The Kier molecular flexibility index (Phi) is 6.57. The number of Topliss-reactive ketones (excluding diaryl/α,β-unsaturated/α-hetero) is 1. The van der Waals surface area contributed by atoms with Gasteiger partial charge in [0.2, 0.25) is 5.91 Å². The van der Waals surface area contributed by atoms with Gasteiger partial charge in [0.05, 0.1) is 24.2 Å². The second-order valence-corrected chi connectivity index (χ2v) is 9.82. The molecule has 1 aliphatic carbocycles. The zero-order valence-corrected chi connectivity index (χ0v) is 19.1. The fourth-order valence-electron chi connectivity index (χ4n) is 5.63. The minimum absolute atomic E-state index is 0.0670. The first-order chi connectivity index (χ1) is 16.5. The Hall–Kier alpha value is -2.89. The maximum Gasteiger partial charge on any atom is 0.250 e. The van der Waals surface area contributed by atoms with Crippen molar-refractivity contribution in [2.45, 2.75) is 57.0 Å². The van der Waals surface area contributed by atoms with Crippen LogP contribution in [0.4, 0.5) is 4.39 Å². The molecule has 5 rings (SSSR count). The molecule has 0 spiro atoms. The first-order valence-corrected chi connectivity index (χ1v) is 12.2. The molecule has 4 atom stereocenters. The van der Waals surface area contributed by atoms with Gasteiger partial charge >= 0.3 is 0 Å². The third-order valence-corrected chi connectivity index (χ3v) is 7.57. The number of carbonyl (C=O) groups excluding carboxylic acids is 2. The molecule has 34 heavy (non-hydrogen) atoms. The van der Waals surface area contributed by atoms with E-state index in [9.17, 15) is 19.2 Å². The second kappa shape index (κ2) is 9.77. The van der Waals surface area contributed by atoms with Crippen molar-refractivity contribution in [1.29, 1.82) is 5.26 Å². The van der Waals surface area contributed by atoms with Crippen LogP contribution >= 0.6 is 0 Å². The standard InChI is InChI=1S/C26H29FN4O3/c27-23-12-18(21-14-29-31(15-21)26(33)17-5-7-34-8-6-17)1-2-19(23)9-16(13-28)10-24(32)25-20-3-4-22(11-20)30-25/h1-2,12,14-17,20,22,25,30H,3-11H2/t16-,20+,22-,25+/m1/s1. The number of nitrogens with one attached hydrogen (secondary N) is 1. The van der Waals surface area contributed by atoms with Gasteiger partial charge < -0.3 is 10.1 Å². The maximum atomic E-state index is 14.9. The van der Waals surface area contributed by atoms with Gasteiger partial charge in [0.25, 0.3) is 0 Å². The van der Waals surface area contributed by atoms with Crippen LogP contribution in [0.15, 0.2) is 30.6 Å². The summed E-state index contributed by atoms with van der Waals surface area (Å²) in [7, 11) is 0. The summed E-state index contributed by atoms with van der Waals surface area (Å²) < 4.78 is 21.6. The van der Waals surface area contributed by atoms with Crippen LogP contribution in [0, 0.1) is 34.9 Å². The summed E-state index contributed by atoms with van der Waals surface area (Å²) in [6.45, 7) is 1.15. The normalized spacial score (nSPS) is 25.2. The molecule has 178 valence electrons. The van der Waals surface area contributed by atoms with Gasteiger partial charge in [-0.25, -0.2) is 9.07 Å². The van der Waals surface area contributed by atoms with Gasteiger partial charge in [0, 0.05) is 43.4 Å². The quantitative estimate of drug-likeness (QED) is 0.673. The molecule has 0 amide bonds. The van der Waals surface area contributed by atoms with Gasteiger partial charge in [0.1, 0.15) is 5.82 Å². The van der Waals surface area contributed by atoms with Crippen molar-refractivity contribution in [3.05, 3.63) is 42.0 Å². The van der Waals surface area contributed by atoms with E-state index in [1.54, 1.807) is 24.5 Å². The third kappa shape index (κ3) is 4.68. The number of hydrogen-bond acceptors (Lipinski definition) is 6. The van der Waals surface area contributed by atoms with E-state index in [0.29, 0.717) is 54.7 Å². The number of ether oxygens (including phenoxy) is 1. The van der Waals surface area contributed by atoms with Gasteiger partial charge in [-0.3, -0.25) is 9.59 Å². The van der Waals surface area contributed by atoms with Gasteiger partial charge in [-0.05, 0) is 61.6 Å². The largest absolute Gasteiger partial charge is 0.381 e. The van der Waals surface area contributed by atoms with Crippen molar-refractivity contribution in [2.75, 3.05) is 13.2 Å². The molecular weight excluding hydrogens is 435 g/mol. The zero-order valence-electron chi connectivity index (χ0n) is 19.1. The highest BCUT2D eigenvalue weighted by molar-refractivity contribution is 5.85. The van der Waals surface area contributed by atoms with E-state index >= 15 is 0 Å². The number of benzene rings is 1. The van der Waals surface area contributed by atoms with Crippen LogP contribution < -0.4 is 5.32 Å². The van der Waals surface area contributed by atoms with E-state index in [1.165, 1.54) is 10.7 Å². The molecule has 1 saturated carbocycles. The molecule has 2 aromatic rings. The minimum Gasteiger partial charge on any atom is -0.381 e. The fourth-order valence-corrected chi connectivity index (χ4v) is 5.63. The molecule has 3 fully saturated rings. The Balaban J connectivity index is 1.23. The molecule has 7 nitrogen and oxygen atoms in total. The SMILES string of the molecule is N#C[C@@H](CC(=O)[C@H]1N[C@@H]2CC[C@H]1C2)Cc1ccc(-c2cnn(C(=O)C3CCOCC3)c2)cc1F. The van der Waals surface area contributed by atoms with E-state index < -0.39 is 11.7 Å². The average molecular weight is 465 g/mol. The summed E-state index contributed by atoms with van der Waals surface area (Å²) in [5.74, 6) is -0.719. The van der Waals surface area contributed by atoms with Crippen molar-refractivity contribution in [3.8, 4) is 17.2 Å². The summed E-state index contributed by atoms with van der Waals surface area (Å²) in [4.78, 5) is 25.4. The lowest BCUT2D eigenvalue weighted by atomic mass is 9.88. The first kappa shape index (κ1) is 22.9. The number of halogens is 1. The number of fused-ring (bicyclic) bond motifs is 2. The highest BCUT2D eigenvalue weighted by atomic mass is 19.1. The Labute approximate surface area is 198 Å². The zero-order chi connectivity index (χ0) is 23.7. The fraction of sp³-hybridized carbons (Fsp3) is 0.538. The van der Waals surface area contributed by atoms with E-state index in [2.05, 4.69) is 16.5 Å². The number of hydrogen-bond donors (Lipinski definition) is 1. The summed E-state index contributed by atoms with van der Waals surface area (Å²) in [5.41, 5.74) is 1.68. The van der Waals surface area contributed by atoms with Crippen LogP contribution in [0.3, 0.4) is 0 Å². The smallest absolute Gasteiger partial charge is 0.250 e. The predicted molar refractivity (Wildman–Crippen MR) is 122 cm³/mol. The summed E-state index contributed by atoms with van der Waals surface area (Å²) >= 11 is 0. The lowest BCUT2D eigenvalue weighted by molar-refractivity contribution is -0.122. The predicted octanol–water partition coefficient (Wildman–Crippen LogP) is 3.54. The molecule has 1 aromatic carbocycles. The topological polar surface area (TPSA) is 97.0 Å². The van der Waals surface area contributed by atoms with Gasteiger partial charge in [-0.15, -0.1) is 0 Å². The summed E-state index contributed by atoms with van der Waals surface area (Å²) in [6.07, 6.45) is 8.11. The van der Waals surface area contributed by atoms with Gasteiger partial charge in [0.15, 0.2) is 5.78 Å². The molecular formula is C26H29FN4O3. The van der Waals surface area contributed by atoms with Crippen LogP contribution in [-0.2, 0) is 16.0 Å². The van der Waals surface area contributed by atoms with Crippen molar-refractivity contribution < 1.29 is 18.7 Å². The van der Waals surface area contributed by atoms with Crippen LogP contribution in [0.5, 0.6) is 0 Å². The second-order valence-electron chi connectivity index (χ2n) is 9.82. The van der Waals surface area contributed by atoms with Crippen molar-refractivity contribution in [1.82, 2.24) is 15.1 Å². The monoisotopic (exact) mass is 464 g/mol. The molecule has 3 aliphatic rings. The highest BCUT2D eigenvalue weighted by Crippen LogP contribution is 2.36. The number of rotatable bonds is 7. The van der Waals surface area contributed by atoms with Gasteiger partial charge in [-0.2, -0.15) is 10.4 Å². The number of carbonyl (C=O) groups is 2. The van der Waals surface area contributed by atoms with E-state index in [4.69, 9.17) is 4.74 Å². The van der Waals surface area contributed by atoms with E-state index in [1.807, 2.05) is 0 Å². The molecule has 2 aliphatic heterocycles. The molecule has 2 saturated heterocycles. The number of piperidine rings is 1. The first-order valence-electron chi connectivity index (χ1n) is 12.2. The minimum atomic E-state index is -0.561. The van der Waals surface area contributed by atoms with Crippen molar-refractivity contribution in [2.24, 2.45) is 17.8 Å². The molecule has 0 radical (unpaired) electrons. The van der Waals surface area contributed by atoms with Crippen LogP contribution in [0.25, 0.3) is 11.1 Å². The lowest BCUT2D eigenvalue weighted by Crippen LogP contribution is -2.42. The van der Waals surface area contributed by atoms with Crippen molar-refractivity contribution >= 4 is 11.7 Å². The van der Waals surface area contributed by atoms with Crippen LogP contribution in [-0.4, -0.2) is 46.8 Å². The van der Waals surface area contributed by atoms with Crippen molar-refractivity contribution in [3.63, 3.8) is 0 Å². The molecule has 8 heteroatoms. The van der Waals surface area contributed by atoms with Crippen LogP contribution in [0.2, 0.25) is 0 Å². The molecule has 3 heterocycles. The summed E-state index contributed by atoms with van der Waals surface area (Å²) in [6, 6.07) is 7.31. The van der Waals surface area contributed by atoms with Crippen LogP contribution in [0.1, 0.15) is 48.9 Å². The Morgan fingerprint density at radius 1 is 1.24 bits per heavy atom. The molecule has 2 bridgehead atoms. The molecule has 0 unspecified atom stereocenters. The highest BCUT2D eigenvalue weighted by Gasteiger charge is 2.42. The number of nitriles is 1. The number of nitrogens with zero attached hydrogens (tertiary/aromatic N) is 3. The molecule has 1 aromatic heterocycles. The van der Waals surface area contributed by atoms with Gasteiger partial charge in [-0.1, -0.05) is 12.1 Å². The van der Waals surface area contributed by atoms with E-state index in [0.717, 1.165) is 19.3 Å². The lowest BCUT2D eigenvalue weighted by Gasteiger charge is -2.22. The Morgan fingerprint density at radius 2 is 2.06 bits per heavy atom. The summed E-state index contributed by atoms with van der Waals surface area (Å²) in [5, 5.41) is 17.2. The molecule has 1 N–H and O–H groups in total. The third-order valence-electron chi connectivity index (χ3n) is 7.57. The van der Waals surface area contributed by atoms with E-state index in [-0.39, 0.29) is 36.5 Å². The number of aromatic nitrogens is 2. The Bertz CT molecular complexity index is 1120. The average Bonchev–Trinajstić information content (AvgIpc) is 3.62. The number of ketones is 1. The Morgan fingerprint density at radius 3 is 2.74 bits per heavy atom.